The van der Waals surface area contributed by atoms with Crippen molar-refractivity contribution in [1.29, 1.82) is 0 Å². The standard InChI is InChI=1S/C15H11BrClFN2O/c16-9-1-3-12(18)11(7-9)15(20-19)14-6-8-5-10(17)2-4-13(8)21-14/h1-7,15,20H,19H2. The highest BCUT2D eigenvalue weighted by molar-refractivity contribution is 9.10. The number of hydrogen-bond acceptors (Lipinski definition) is 3. The lowest BCUT2D eigenvalue weighted by Crippen LogP contribution is -2.29. The van der Waals surface area contributed by atoms with Crippen LogP contribution in [-0.2, 0) is 0 Å². The van der Waals surface area contributed by atoms with Crippen LogP contribution in [0, 0.1) is 5.82 Å². The minimum atomic E-state index is -0.589. The molecule has 0 aliphatic rings. The molecule has 3 N–H and O–H groups in total. The number of fused-ring (bicyclic) bond motifs is 1. The van der Waals surface area contributed by atoms with Gasteiger partial charge < -0.3 is 4.42 Å². The van der Waals surface area contributed by atoms with Gasteiger partial charge >= 0.3 is 0 Å². The smallest absolute Gasteiger partial charge is 0.134 e. The van der Waals surface area contributed by atoms with Crippen molar-refractivity contribution in [1.82, 2.24) is 5.43 Å². The highest BCUT2D eigenvalue weighted by atomic mass is 79.9. The normalized spacial score (nSPS) is 12.8. The average molecular weight is 370 g/mol. The van der Waals surface area contributed by atoms with Crippen molar-refractivity contribution in [3.63, 3.8) is 0 Å². The highest BCUT2D eigenvalue weighted by Crippen LogP contribution is 2.31. The molecule has 3 aromatic rings. The Bertz CT molecular complexity index is 805. The minimum absolute atomic E-state index is 0.361. The number of halogens is 3. The Balaban J connectivity index is 2.11. The number of furan rings is 1. The summed E-state index contributed by atoms with van der Waals surface area (Å²) in [5.41, 5.74) is 3.66. The maximum atomic E-state index is 14.0. The molecule has 6 heteroatoms. The Morgan fingerprint density at radius 3 is 2.76 bits per heavy atom. The largest absolute Gasteiger partial charge is 0.459 e. The molecule has 0 aliphatic carbocycles. The molecule has 0 saturated heterocycles. The van der Waals surface area contributed by atoms with Gasteiger partial charge in [-0.3, -0.25) is 5.84 Å². The zero-order valence-corrected chi connectivity index (χ0v) is 13.1. The quantitative estimate of drug-likeness (QED) is 0.526. The van der Waals surface area contributed by atoms with Crippen LogP contribution in [0.1, 0.15) is 17.4 Å². The van der Waals surface area contributed by atoms with Crippen molar-refractivity contribution in [3.8, 4) is 0 Å². The van der Waals surface area contributed by atoms with Gasteiger partial charge in [0.1, 0.15) is 23.2 Å². The van der Waals surface area contributed by atoms with Crippen LogP contribution >= 0.6 is 27.5 Å². The third-order valence-corrected chi connectivity index (χ3v) is 3.95. The molecule has 0 radical (unpaired) electrons. The topological polar surface area (TPSA) is 51.2 Å². The van der Waals surface area contributed by atoms with E-state index in [1.54, 1.807) is 36.4 Å². The number of nitrogens with one attached hydrogen (secondary N) is 1. The first-order valence-electron chi connectivity index (χ1n) is 6.18. The third kappa shape index (κ3) is 2.82. The fraction of sp³-hybridized carbons (Fsp3) is 0.0667. The van der Waals surface area contributed by atoms with Gasteiger partial charge in [0.25, 0.3) is 0 Å². The van der Waals surface area contributed by atoms with Gasteiger partial charge in [0, 0.05) is 20.4 Å². The molecule has 0 bridgehead atoms. The Hall–Kier alpha value is -1.40. The van der Waals surface area contributed by atoms with Crippen molar-refractivity contribution in [2.45, 2.75) is 6.04 Å². The van der Waals surface area contributed by atoms with Gasteiger partial charge in [0.2, 0.25) is 0 Å². The second-order valence-corrected chi connectivity index (χ2v) is 5.95. The fourth-order valence-electron chi connectivity index (χ4n) is 2.24. The summed E-state index contributed by atoms with van der Waals surface area (Å²) < 4.78 is 20.5. The van der Waals surface area contributed by atoms with E-state index in [0.29, 0.717) is 21.9 Å². The van der Waals surface area contributed by atoms with E-state index in [0.717, 1.165) is 9.86 Å². The van der Waals surface area contributed by atoms with Crippen LogP contribution < -0.4 is 11.3 Å². The maximum absolute atomic E-state index is 14.0. The molecule has 3 nitrogen and oxygen atoms in total. The Kier molecular flexibility index (Phi) is 3.99. The van der Waals surface area contributed by atoms with Crippen molar-refractivity contribution < 1.29 is 8.81 Å². The van der Waals surface area contributed by atoms with Gasteiger partial charge in [-0.25, -0.2) is 9.82 Å². The van der Waals surface area contributed by atoms with Crippen LogP contribution in [0.5, 0.6) is 0 Å². The van der Waals surface area contributed by atoms with Crippen LogP contribution in [-0.4, -0.2) is 0 Å². The molecule has 0 aliphatic heterocycles. The lowest BCUT2D eigenvalue weighted by molar-refractivity contribution is 0.462. The van der Waals surface area contributed by atoms with E-state index in [4.69, 9.17) is 21.9 Å². The monoisotopic (exact) mass is 368 g/mol. The van der Waals surface area contributed by atoms with E-state index in [1.807, 2.05) is 0 Å². The van der Waals surface area contributed by atoms with Crippen LogP contribution in [0.3, 0.4) is 0 Å². The van der Waals surface area contributed by atoms with Gasteiger partial charge in [-0.15, -0.1) is 0 Å². The molecule has 1 atom stereocenters. The van der Waals surface area contributed by atoms with Gasteiger partial charge in [-0.1, -0.05) is 27.5 Å². The Morgan fingerprint density at radius 2 is 2.00 bits per heavy atom. The predicted octanol–water partition coefficient (Wildman–Crippen LogP) is 4.54. The SMILES string of the molecule is NNC(c1cc2cc(Cl)ccc2o1)c1cc(Br)ccc1F. The minimum Gasteiger partial charge on any atom is -0.459 e. The molecule has 3 rings (SSSR count). The third-order valence-electron chi connectivity index (χ3n) is 3.22. The molecule has 1 aromatic heterocycles. The van der Waals surface area contributed by atoms with Crippen LogP contribution in [0.25, 0.3) is 11.0 Å². The second-order valence-electron chi connectivity index (χ2n) is 4.60. The summed E-state index contributed by atoms with van der Waals surface area (Å²) in [4.78, 5) is 0. The molecule has 108 valence electrons. The summed E-state index contributed by atoms with van der Waals surface area (Å²) in [6, 6.07) is 11.2. The van der Waals surface area contributed by atoms with Gasteiger partial charge in [-0.05, 0) is 42.5 Å². The Labute approximate surface area is 134 Å². The number of hydrazine groups is 1. The Morgan fingerprint density at radius 1 is 1.19 bits per heavy atom. The van der Waals surface area contributed by atoms with E-state index < -0.39 is 6.04 Å². The number of benzene rings is 2. The van der Waals surface area contributed by atoms with Gasteiger partial charge in [-0.2, -0.15) is 0 Å². The summed E-state index contributed by atoms with van der Waals surface area (Å²) in [7, 11) is 0. The number of nitrogens with two attached hydrogens (primary N) is 1. The molecule has 1 unspecified atom stereocenters. The van der Waals surface area contributed by atoms with Crippen molar-refractivity contribution in [2.24, 2.45) is 5.84 Å². The van der Waals surface area contributed by atoms with Gasteiger partial charge in [0.05, 0.1) is 0 Å². The molecule has 21 heavy (non-hydrogen) atoms. The first kappa shape index (κ1) is 14.5. The van der Waals surface area contributed by atoms with E-state index in [2.05, 4.69) is 21.4 Å². The summed E-state index contributed by atoms with van der Waals surface area (Å²) in [6.07, 6.45) is 0. The fourth-order valence-corrected chi connectivity index (χ4v) is 2.80. The molecular formula is C15H11BrClFN2O. The molecule has 2 aromatic carbocycles. The van der Waals surface area contributed by atoms with Crippen LogP contribution in [0.4, 0.5) is 4.39 Å². The van der Waals surface area contributed by atoms with E-state index in [1.165, 1.54) is 6.07 Å². The lowest BCUT2D eigenvalue weighted by atomic mass is 10.0. The lowest BCUT2D eigenvalue weighted by Gasteiger charge is -2.14. The van der Waals surface area contributed by atoms with E-state index >= 15 is 0 Å². The van der Waals surface area contributed by atoms with E-state index in [-0.39, 0.29) is 5.82 Å². The predicted molar refractivity (Wildman–Crippen MR) is 84.5 cm³/mol. The summed E-state index contributed by atoms with van der Waals surface area (Å²) in [5, 5.41) is 1.45. The summed E-state index contributed by atoms with van der Waals surface area (Å²) in [6.45, 7) is 0. The molecule has 0 spiro atoms. The molecular weight excluding hydrogens is 359 g/mol. The van der Waals surface area contributed by atoms with Crippen molar-refractivity contribution >= 4 is 38.5 Å². The van der Waals surface area contributed by atoms with Crippen LogP contribution in [0.15, 0.2) is 51.4 Å². The highest BCUT2D eigenvalue weighted by Gasteiger charge is 2.21. The zero-order valence-electron chi connectivity index (χ0n) is 10.7. The number of rotatable bonds is 3. The molecule has 1 heterocycles. The van der Waals surface area contributed by atoms with Crippen LogP contribution in [0.2, 0.25) is 5.02 Å². The van der Waals surface area contributed by atoms with E-state index in [9.17, 15) is 4.39 Å². The maximum Gasteiger partial charge on any atom is 0.134 e. The molecule has 0 fully saturated rings. The second kappa shape index (κ2) is 5.77. The molecule has 0 saturated carbocycles. The summed E-state index contributed by atoms with van der Waals surface area (Å²) >= 11 is 9.28. The van der Waals surface area contributed by atoms with Crippen molar-refractivity contribution in [3.05, 3.63) is 69.1 Å². The van der Waals surface area contributed by atoms with Gasteiger partial charge in [0.15, 0.2) is 0 Å². The number of hydrogen-bond donors (Lipinski definition) is 2. The first-order chi connectivity index (χ1) is 10.1. The van der Waals surface area contributed by atoms with Crippen molar-refractivity contribution in [2.75, 3.05) is 0 Å². The zero-order chi connectivity index (χ0) is 15.0. The average Bonchev–Trinajstić information content (AvgIpc) is 2.86. The first-order valence-corrected chi connectivity index (χ1v) is 7.35. The molecule has 0 amide bonds. The summed E-state index contributed by atoms with van der Waals surface area (Å²) in [5.74, 6) is 5.75.